The predicted molar refractivity (Wildman–Crippen MR) is 68.6 cm³/mol. The summed E-state index contributed by atoms with van der Waals surface area (Å²) in [6.07, 6.45) is 1.12. The van der Waals surface area contributed by atoms with Gasteiger partial charge in [0, 0.05) is 17.6 Å². The Hall–Kier alpha value is -0.890. The average molecular weight is 219 g/mol. The summed E-state index contributed by atoms with van der Waals surface area (Å²) in [7, 11) is 2.15. The molecule has 0 saturated carbocycles. The average Bonchev–Trinajstić information content (AvgIpc) is 2.60. The molecule has 0 fully saturated rings. The van der Waals surface area contributed by atoms with Crippen LogP contribution in [0.3, 0.4) is 0 Å². The van der Waals surface area contributed by atoms with Crippen molar-refractivity contribution in [2.75, 3.05) is 12.9 Å². The van der Waals surface area contributed by atoms with E-state index in [1.807, 2.05) is 11.8 Å². The van der Waals surface area contributed by atoms with Gasteiger partial charge in [-0.2, -0.15) is 0 Å². The number of thioether (sulfide) groups is 1. The van der Waals surface area contributed by atoms with Crippen LogP contribution in [0.4, 0.5) is 0 Å². The molecule has 0 N–H and O–H groups in total. The minimum absolute atomic E-state index is 1.08. The maximum absolute atomic E-state index is 2.30. The van der Waals surface area contributed by atoms with Crippen molar-refractivity contribution in [1.29, 1.82) is 0 Å². The van der Waals surface area contributed by atoms with Gasteiger partial charge in [-0.1, -0.05) is 31.2 Å². The number of hydrogen-bond acceptors (Lipinski definition) is 2. The third-order valence-corrected chi connectivity index (χ3v) is 4.26. The molecule has 0 unspecified atom stereocenters. The van der Waals surface area contributed by atoms with E-state index >= 15 is 0 Å². The molecule has 1 aromatic rings. The molecular weight excluding hydrogens is 202 g/mol. The molecule has 1 heterocycles. The Kier molecular flexibility index (Phi) is 3.06. The van der Waals surface area contributed by atoms with Crippen LogP contribution in [0.1, 0.15) is 25.0 Å². The zero-order chi connectivity index (χ0) is 10.8. The minimum atomic E-state index is 1.08. The Morgan fingerprint density at radius 3 is 2.40 bits per heavy atom. The van der Waals surface area contributed by atoms with Crippen LogP contribution in [0.2, 0.25) is 0 Å². The molecule has 0 bridgehead atoms. The second kappa shape index (κ2) is 4.31. The molecule has 1 aliphatic heterocycles. The largest absolute Gasteiger partial charge is 0.368 e. The summed E-state index contributed by atoms with van der Waals surface area (Å²) in [6, 6.07) is 8.94. The molecule has 15 heavy (non-hydrogen) atoms. The van der Waals surface area contributed by atoms with Crippen molar-refractivity contribution >= 4 is 16.7 Å². The van der Waals surface area contributed by atoms with E-state index in [0.29, 0.717) is 0 Å². The van der Waals surface area contributed by atoms with Crippen LogP contribution >= 0.6 is 11.8 Å². The van der Waals surface area contributed by atoms with E-state index in [-0.39, 0.29) is 0 Å². The van der Waals surface area contributed by atoms with Gasteiger partial charge < -0.3 is 4.90 Å². The molecule has 1 aromatic carbocycles. The van der Waals surface area contributed by atoms with Crippen molar-refractivity contribution < 1.29 is 0 Å². The first-order valence-electron chi connectivity index (χ1n) is 5.36. The Bertz CT molecular complexity index is 378. The SMILES string of the molecule is CCc1ccc(C2=C(C)N(C)CS2)cc1. The fraction of sp³-hybridized carbons (Fsp3) is 0.385. The fourth-order valence-corrected chi connectivity index (χ4v) is 2.90. The molecule has 0 atom stereocenters. The molecule has 2 rings (SSSR count). The molecule has 0 aromatic heterocycles. The summed E-state index contributed by atoms with van der Waals surface area (Å²) in [5.41, 5.74) is 4.16. The lowest BCUT2D eigenvalue weighted by molar-refractivity contribution is 0.506. The van der Waals surface area contributed by atoms with Gasteiger partial charge in [0.25, 0.3) is 0 Å². The van der Waals surface area contributed by atoms with Crippen molar-refractivity contribution in [3.8, 4) is 0 Å². The van der Waals surface area contributed by atoms with Crippen LogP contribution in [-0.4, -0.2) is 17.8 Å². The zero-order valence-electron chi connectivity index (χ0n) is 9.58. The lowest BCUT2D eigenvalue weighted by atomic mass is 10.1. The van der Waals surface area contributed by atoms with Crippen LogP contribution in [0, 0.1) is 0 Å². The molecular formula is C13H17NS. The third kappa shape index (κ3) is 2.05. The topological polar surface area (TPSA) is 3.24 Å². The summed E-state index contributed by atoms with van der Waals surface area (Å²) >= 11 is 1.93. The van der Waals surface area contributed by atoms with E-state index in [4.69, 9.17) is 0 Å². The minimum Gasteiger partial charge on any atom is -0.368 e. The molecule has 1 nitrogen and oxygen atoms in total. The van der Waals surface area contributed by atoms with Crippen molar-refractivity contribution in [2.45, 2.75) is 20.3 Å². The Labute approximate surface area is 96.2 Å². The van der Waals surface area contributed by atoms with Crippen LogP contribution in [-0.2, 0) is 6.42 Å². The van der Waals surface area contributed by atoms with E-state index in [1.165, 1.54) is 21.7 Å². The fourth-order valence-electron chi connectivity index (χ4n) is 1.72. The highest BCUT2D eigenvalue weighted by Crippen LogP contribution is 2.38. The Morgan fingerprint density at radius 2 is 1.93 bits per heavy atom. The van der Waals surface area contributed by atoms with Crippen LogP contribution in [0.5, 0.6) is 0 Å². The van der Waals surface area contributed by atoms with Crippen LogP contribution in [0.15, 0.2) is 30.0 Å². The van der Waals surface area contributed by atoms with Crippen molar-refractivity contribution in [3.05, 3.63) is 41.1 Å². The first kappa shape index (κ1) is 10.6. The molecule has 0 radical (unpaired) electrons. The standard InChI is InChI=1S/C13H17NS/c1-4-11-5-7-12(8-6-11)13-10(2)14(3)9-15-13/h5-8H,4,9H2,1-3H3. The first-order chi connectivity index (χ1) is 7.22. The van der Waals surface area contributed by atoms with E-state index in [9.17, 15) is 0 Å². The van der Waals surface area contributed by atoms with Crippen LogP contribution in [0.25, 0.3) is 4.91 Å². The highest BCUT2D eigenvalue weighted by molar-refractivity contribution is 8.08. The Morgan fingerprint density at radius 1 is 1.27 bits per heavy atom. The summed E-state index contributed by atoms with van der Waals surface area (Å²) in [6.45, 7) is 4.39. The van der Waals surface area contributed by atoms with Gasteiger partial charge in [-0.05, 0) is 24.5 Å². The number of allylic oxidation sites excluding steroid dienone is 1. The number of benzene rings is 1. The Balaban J connectivity index is 2.30. The molecule has 2 heteroatoms. The van der Waals surface area contributed by atoms with Gasteiger partial charge in [0.05, 0.1) is 5.88 Å². The maximum Gasteiger partial charge on any atom is 0.0680 e. The summed E-state index contributed by atoms with van der Waals surface area (Å²) in [5.74, 6) is 1.08. The molecule has 0 saturated heterocycles. The highest BCUT2D eigenvalue weighted by Gasteiger charge is 2.17. The molecule has 0 aliphatic carbocycles. The third-order valence-electron chi connectivity index (χ3n) is 2.93. The first-order valence-corrected chi connectivity index (χ1v) is 6.35. The predicted octanol–water partition coefficient (Wildman–Crippen LogP) is 3.57. The smallest absolute Gasteiger partial charge is 0.0680 e. The second-order valence-electron chi connectivity index (χ2n) is 3.94. The van der Waals surface area contributed by atoms with Gasteiger partial charge in [-0.15, -0.1) is 11.8 Å². The number of nitrogens with zero attached hydrogens (tertiary/aromatic N) is 1. The monoisotopic (exact) mass is 219 g/mol. The van der Waals surface area contributed by atoms with Gasteiger partial charge in [0.15, 0.2) is 0 Å². The van der Waals surface area contributed by atoms with E-state index in [2.05, 4.69) is 50.1 Å². The highest BCUT2D eigenvalue weighted by atomic mass is 32.2. The summed E-state index contributed by atoms with van der Waals surface area (Å²) in [4.78, 5) is 3.73. The van der Waals surface area contributed by atoms with Crippen molar-refractivity contribution in [2.24, 2.45) is 0 Å². The zero-order valence-corrected chi connectivity index (χ0v) is 10.4. The van der Waals surface area contributed by atoms with Crippen molar-refractivity contribution in [1.82, 2.24) is 4.90 Å². The van der Waals surface area contributed by atoms with Crippen molar-refractivity contribution in [3.63, 3.8) is 0 Å². The summed E-state index contributed by atoms with van der Waals surface area (Å²) in [5, 5.41) is 0. The van der Waals surface area contributed by atoms with E-state index in [1.54, 1.807) is 0 Å². The molecule has 0 amide bonds. The number of rotatable bonds is 2. The molecule has 1 aliphatic rings. The number of hydrogen-bond donors (Lipinski definition) is 0. The maximum atomic E-state index is 2.30. The van der Waals surface area contributed by atoms with Crippen LogP contribution < -0.4 is 0 Å². The van der Waals surface area contributed by atoms with Gasteiger partial charge in [0.2, 0.25) is 0 Å². The second-order valence-corrected chi connectivity index (χ2v) is 4.89. The van der Waals surface area contributed by atoms with Gasteiger partial charge in [-0.25, -0.2) is 0 Å². The lowest BCUT2D eigenvalue weighted by Crippen LogP contribution is -2.09. The van der Waals surface area contributed by atoms with E-state index in [0.717, 1.165) is 12.3 Å². The lowest BCUT2D eigenvalue weighted by Gasteiger charge is -2.10. The van der Waals surface area contributed by atoms with Gasteiger partial charge in [0.1, 0.15) is 0 Å². The summed E-state index contributed by atoms with van der Waals surface area (Å²) < 4.78 is 0. The molecule has 80 valence electrons. The molecule has 0 spiro atoms. The number of aryl methyl sites for hydroxylation is 1. The normalized spacial score (nSPS) is 16.3. The van der Waals surface area contributed by atoms with Gasteiger partial charge in [-0.3, -0.25) is 0 Å². The van der Waals surface area contributed by atoms with E-state index < -0.39 is 0 Å². The van der Waals surface area contributed by atoms with Gasteiger partial charge >= 0.3 is 0 Å². The quantitative estimate of drug-likeness (QED) is 0.748.